The van der Waals surface area contributed by atoms with Crippen molar-refractivity contribution in [3.63, 3.8) is 0 Å². The third-order valence-corrected chi connectivity index (χ3v) is 6.40. The Kier molecular flexibility index (Phi) is 6.88. The maximum absolute atomic E-state index is 11.8. The maximum Gasteiger partial charge on any atom is 0.321 e. The summed E-state index contributed by atoms with van der Waals surface area (Å²) >= 11 is 13.8. The fraction of sp³-hybridized carbons (Fsp3) is 0.238. The summed E-state index contributed by atoms with van der Waals surface area (Å²) in [6, 6.07) is 12.0. The van der Waals surface area contributed by atoms with Crippen LogP contribution in [0.5, 0.6) is 5.75 Å². The van der Waals surface area contributed by atoms with Gasteiger partial charge in [0.1, 0.15) is 11.6 Å². The molecule has 32 heavy (non-hydrogen) atoms. The number of nitrogens with zero attached hydrogens (tertiary/aromatic N) is 3. The number of ether oxygens (including phenoxy) is 1. The quantitative estimate of drug-likeness (QED) is 0.484. The van der Waals surface area contributed by atoms with Crippen LogP contribution in [0.25, 0.3) is 5.69 Å². The summed E-state index contributed by atoms with van der Waals surface area (Å²) in [6.45, 7) is 0. The Balaban J connectivity index is 1.65. The number of methoxy groups -OCH3 is 1. The predicted molar refractivity (Wildman–Crippen MR) is 123 cm³/mol. The van der Waals surface area contributed by atoms with Gasteiger partial charge in [0.25, 0.3) is 0 Å². The van der Waals surface area contributed by atoms with Crippen molar-refractivity contribution >= 4 is 46.9 Å². The number of aromatic nitrogens is 3. The van der Waals surface area contributed by atoms with Crippen LogP contribution in [0.2, 0.25) is 10.0 Å². The minimum Gasteiger partial charge on any atom is -0.497 e. The molecule has 1 atom stereocenters. The van der Waals surface area contributed by atoms with Crippen LogP contribution in [0.1, 0.15) is 17.8 Å². The first-order valence-electron chi connectivity index (χ1n) is 9.68. The average Bonchev–Trinajstić information content (AvgIpc) is 3.14. The predicted octanol–water partition coefficient (Wildman–Crippen LogP) is 4.02. The van der Waals surface area contributed by atoms with Crippen molar-refractivity contribution in [2.75, 3.05) is 7.11 Å². The SMILES string of the molecule is COc1cccc(-n2c(CC3CC(=O)NC(=O)N3)nnc2SCc2ccc(Cl)cc2Cl)c1. The minimum atomic E-state index is -0.509. The van der Waals surface area contributed by atoms with Crippen LogP contribution in [0, 0.1) is 0 Å². The molecule has 1 fully saturated rings. The molecule has 1 aliphatic heterocycles. The molecule has 1 saturated heterocycles. The van der Waals surface area contributed by atoms with E-state index in [2.05, 4.69) is 20.8 Å². The van der Waals surface area contributed by atoms with Gasteiger partial charge >= 0.3 is 6.03 Å². The van der Waals surface area contributed by atoms with Gasteiger partial charge in [-0.3, -0.25) is 14.7 Å². The molecule has 3 aromatic rings. The van der Waals surface area contributed by atoms with E-state index in [1.807, 2.05) is 34.9 Å². The summed E-state index contributed by atoms with van der Waals surface area (Å²) in [5.74, 6) is 1.53. The molecule has 2 aromatic carbocycles. The fourth-order valence-electron chi connectivity index (χ4n) is 3.33. The molecule has 0 saturated carbocycles. The number of carbonyl (C=O) groups is 2. The van der Waals surface area contributed by atoms with Crippen LogP contribution >= 0.6 is 35.0 Å². The molecule has 2 heterocycles. The van der Waals surface area contributed by atoms with Crippen molar-refractivity contribution in [2.45, 2.75) is 29.8 Å². The normalized spacial score (nSPS) is 15.9. The van der Waals surface area contributed by atoms with Gasteiger partial charge in [-0.15, -0.1) is 10.2 Å². The standard InChI is InChI=1S/C21H19Cl2N5O3S/c1-31-16-4-2-3-15(10-16)28-18(8-14-9-19(29)25-20(30)24-14)26-27-21(28)32-11-12-5-6-13(22)7-17(12)23/h2-7,10,14H,8-9,11H2,1H3,(H2,24,25,29,30). The average molecular weight is 492 g/mol. The second-order valence-electron chi connectivity index (χ2n) is 7.09. The molecule has 0 spiro atoms. The lowest BCUT2D eigenvalue weighted by Gasteiger charge is -2.23. The molecular formula is C21H19Cl2N5O3S. The highest BCUT2D eigenvalue weighted by Crippen LogP contribution is 2.30. The van der Waals surface area contributed by atoms with Crippen LogP contribution in [0.4, 0.5) is 4.79 Å². The summed E-state index contributed by atoms with van der Waals surface area (Å²) in [5, 5.41) is 15.5. The topological polar surface area (TPSA) is 98.1 Å². The highest BCUT2D eigenvalue weighted by molar-refractivity contribution is 7.98. The highest BCUT2D eigenvalue weighted by atomic mass is 35.5. The van der Waals surface area contributed by atoms with Crippen molar-refractivity contribution in [2.24, 2.45) is 0 Å². The van der Waals surface area contributed by atoms with E-state index in [9.17, 15) is 9.59 Å². The molecular weight excluding hydrogens is 473 g/mol. The Bertz CT molecular complexity index is 1150. The van der Waals surface area contributed by atoms with E-state index in [0.717, 1.165) is 11.3 Å². The number of rotatable bonds is 7. The summed E-state index contributed by atoms with van der Waals surface area (Å²) in [4.78, 5) is 23.5. The van der Waals surface area contributed by atoms with Crippen LogP contribution in [-0.2, 0) is 17.0 Å². The first-order chi connectivity index (χ1) is 15.4. The molecule has 0 bridgehead atoms. The molecule has 0 aliphatic carbocycles. The Morgan fingerprint density at radius 3 is 2.78 bits per heavy atom. The van der Waals surface area contributed by atoms with Crippen molar-refractivity contribution in [3.8, 4) is 11.4 Å². The Hall–Kier alpha value is -2.75. The number of urea groups is 1. The number of halogens is 2. The van der Waals surface area contributed by atoms with E-state index in [1.165, 1.54) is 11.8 Å². The number of nitrogens with one attached hydrogen (secondary N) is 2. The Labute approximate surface area is 198 Å². The number of benzene rings is 2. The summed E-state index contributed by atoms with van der Waals surface area (Å²) in [5.41, 5.74) is 1.72. The number of thioether (sulfide) groups is 1. The van der Waals surface area contributed by atoms with Gasteiger partial charge in [0.05, 0.1) is 12.8 Å². The molecule has 1 aromatic heterocycles. The van der Waals surface area contributed by atoms with Crippen molar-refractivity contribution in [3.05, 3.63) is 63.9 Å². The number of amides is 3. The van der Waals surface area contributed by atoms with E-state index in [4.69, 9.17) is 27.9 Å². The summed E-state index contributed by atoms with van der Waals surface area (Å²) in [6.07, 6.45) is 0.505. The van der Waals surface area contributed by atoms with E-state index < -0.39 is 6.03 Å². The minimum absolute atomic E-state index is 0.166. The molecule has 1 unspecified atom stereocenters. The molecule has 1 aliphatic rings. The zero-order valence-electron chi connectivity index (χ0n) is 17.0. The molecule has 2 N–H and O–H groups in total. The second kappa shape index (κ2) is 9.81. The van der Waals surface area contributed by atoms with Crippen molar-refractivity contribution in [1.29, 1.82) is 0 Å². The second-order valence-corrected chi connectivity index (χ2v) is 8.87. The van der Waals surface area contributed by atoms with Crippen molar-refractivity contribution < 1.29 is 14.3 Å². The Morgan fingerprint density at radius 1 is 1.19 bits per heavy atom. The van der Waals surface area contributed by atoms with Gasteiger partial charge in [-0.1, -0.05) is 47.1 Å². The van der Waals surface area contributed by atoms with Gasteiger partial charge in [-0.05, 0) is 29.8 Å². The van der Waals surface area contributed by atoms with Crippen LogP contribution < -0.4 is 15.4 Å². The van der Waals surface area contributed by atoms with Crippen LogP contribution in [-0.4, -0.2) is 39.9 Å². The third kappa shape index (κ3) is 5.17. The molecule has 8 nitrogen and oxygen atoms in total. The van der Waals surface area contributed by atoms with Gasteiger partial charge in [0, 0.05) is 40.7 Å². The summed E-state index contributed by atoms with van der Waals surface area (Å²) in [7, 11) is 1.60. The van der Waals surface area contributed by atoms with Gasteiger partial charge in [-0.25, -0.2) is 4.79 Å². The fourth-order valence-corrected chi connectivity index (χ4v) is 4.86. The Morgan fingerprint density at radius 2 is 2.03 bits per heavy atom. The van der Waals surface area contributed by atoms with Crippen LogP contribution in [0.15, 0.2) is 47.6 Å². The zero-order chi connectivity index (χ0) is 22.7. The smallest absolute Gasteiger partial charge is 0.321 e. The van der Waals surface area contributed by atoms with Gasteiger partial charge in [0.2, 0.25) is 5.91 Å². The third-order valence-electron chi connectivity index (χ3n) is 4.83. The molecule has 0 radical (unpaired) electrons. The number of carbonyl (C=O) groups excluding carboxylic acids is 2. The van der Waals surface area contributed by atoms with E-state index in [1.54, 1.807) is 19.2 Å². The van der Waals surface area contributed by atoms with Crippen molar-refractivity contribution in [1.82, 2.24) is 25.4 Å². The maximum atomic E-state index is 11.8. The molecule has 4 rings (SSSR count). The number of hydrogen-bond donors (Lipinski definition) is 2. The first kappa shape index (κ1) is 22.4. The van der Waals surface area contributed by atoms with Gasteiger partial charge in [0.15, 0.2) is 5.16 Å². The lowest BCUT2D eigenvalue weighted by molar-refractivity contribution is -0.121. The largest absolute Gasteiger partial charge is 0.497 e. The van der Waals surface area contributed by atoms with Gasteiger partial charge in [-0.2, -0.15) is 0 Å². The lowest BCUT2D eigenvalue weighted by atomic mass is 10.1. The molecule has 166 valence electrons. The van der Waals surface area contributed by atoms with Crippen LogP contribution in [0.3, 0.4) is 0 Å². The van der Waals surface area contributed by atoms with E-state index in [0.29, 0.717) is 38.9 Å². The van der Waals surface area contributed by atoms with E-state index in [-0.39, 0.29) is 18.4 Å². The molecule has 11 heteroatoms. The molecule has 3 amide bonds. The number of hydrogen-bond acceptors (Lipinski definition) is 6. The monoisotopic (exact) mass is 491 g/mol. The van der Waals surface area contributed by atoms with Gasteiger partial charge < -0.3 is 10.1 Å². The zero-order valence-corrected chi connectivity index (χ0v) is 19.3. The van der Waals surface area contributed by atoms with E-state index >= 15 is 0 Å². The first-order valence-corrected chi connectivity index (χ1v) is 11.4. The highest BCUT2D eigenvalue weighted by Gasteiger charge is 2.27. The number of imide groups is 1. The summed E-state index contributed by atoms with van der Waals surface area (Å²) < 4.78 is 7.26. The lowest BCUT2D eigenvalue weighted by Crippen LogP contribution is -2.53.